The van der Waals surface area contributed by atoms with Gasteiger partial charge in [0.05, 0.1) is 0 Å². The molecule has 3 atom stereocenters. The number of nitrogens with zero attached hydrogens (tertiary/aromatic N) is 1. The molecular weight excluding hydrogens is 268 g/mol. The zero-order valence-electron chi connectivity index (χ0n) is 12.9. The summed E-state index contributed by atoms with van der Waals surface area (Å²) in [5, 5.41) is 0.858. The molecule has 1 aliphatic rings. The number of rotatable bonds is 4. The van der Waals surface area contributed by atoms with Gasteiger partial charge in [-0.25, -0.2) is 0 Å². The third-order valence-corrected chi connectivity index (χ3v) is 5.10. The van der Waals surface area contributed by atoms with Crippen molar-refractivity contribution in [2.24, 2.45) is 11.7 Å². The van der Waals surface area contributed by atoms with Crippen LogP contribution in [0.25, 0.3) is 0 Å². The Morgan fingerprint density at radius 1 is 1.40 bits per heavy atom. The predicted octanol–water partition coefficient (Wildman–Crippen LogP) is 4.24. The predicted molar refractivity (Wildman–Crippen MR) is 88.6 cm³/mol. The Bertz CT molecular complexity index is 447. The number of piperidine rings is 1. The van der Waals surface area contributed by atoms with Gasteiger partial charge in [-0.1, -0.05) is 31.5 Å². The molecule has 1 saturated heterocycles. The van der Waals surface area contributed by atoms with E-state index in [2.05, 4.69) is 43.9 Å². The SMILES string of the molecule is CCC(N)Cc1ccc(N2CCCC(C)C2C)cc1Cl. The third-order valence-electron chi connectivity index (χ3n) is 4.75. The van der Waals surface area contributed by atoms with Gasteiger partial charge in [0, 0.05) is 29.3 Å². The number of halogens is 1. The van der Waals surface area contributed by atoms with Crippen LogP contribution in [0, 0.1) is 5.92 Å². The molecule has 20 heavy (non-hydrogen) atoms. The van der Waals surface area contributed by atoms with Crippen LogP contribution < -0.4 is 10.6 Å². The van der Waals surface area contributed by atoms with Gasteiger partial charge in [0.2, 0.25) is 0 Å². The molecule has 0 radical (unpaired) electrons. The molecule has 0 saturated carbocycles. The van der Waals surface area contributed by atoms with Gasteiger partial charge in [-0.2, -0.15) is 0 Å². The topological polar surface area (TPSA) is 29.3 Å². The molecule has 1 aromatic carbocycles. The fraction of sp³-hybridized carbons (Fsp3) is 0.647. The van der Waals surface area contributed by atoms with Gasteiger partial charge in [0.25, 0.3) is 0 Å². The fourth-order valence-corrected chi connectivity index (χ4v) is 3.26. The quantitative estimate of drug-likeness (QED) is 0.900. The van der Waals surface area contributed by atoms with E-state index in [1.165, 1.54) is 24.1 Å². The number of anilines is 1. The summed E-state index contributed by atoms with van der Waals surface area (Å²) in [6.45, 7) is 7.91. The second-order valence-corrected chi connectivity index (χ2v) is 6.61. The molecule has 1 heterocycles. The van der Waals surface area contributed by atoms with Crippen molar-refractivity contribution in [1.29, 1.82) is 0 Å². The van der Waals surface area contributed by atoms with Gasteiger partial charge in [-0.15, -0.1) is 0 Å². The van der Waals surface area contributed by atoms with Crippen molar-refractivity contribution in [3.05, 3.63) is 28.8 Å². The van der Waals surface area contributed by atoms with E-state index in [-0.39, 0.29) is 6.04 Å². The van der Waals surface area contributed by atoms with Crippen LogP contribution in [0.15, 0.2) is 18.2 Å². The van der Waals surface area contributed by atoms with E-state index in [4.69, 9.17) is 17.3 Å². The second-order valence-electron chi connectivity index (χ2n) is 6.20. The third kappa shape index (κ3) is 3.48. The monoisotopic (exact) mass is 294 g/mol. The standard InChI is InChI=1S/C17H27ClN2/c1-4-15(19)10-14-7-8-16(11-17(14)18)20-9-5-6-12(2)13(20)3/h7-8,11-13,15H,4-6,9-10,19H2,1-3H3. The van der Waals surface area contributed by atoms with Gasteiger partial charge in [0.1, 0.15) is 0 Å². The minimum absolute atomic E-state index is 0.201. The highest BCUT2D eigenvalue weighted by molar-refractivity contribution is 6.31. The van der Waals surface area contributed by atoms with Crippen molar-refractivity contribution in [3.8, 4) is 0 Å². The van der Waals surface area contributed by atoms with E-state index in [0.717, 1.165) is 30.3 Å². The van der Waals surface area contributed by atoms with Gasteiger partial charge in [-0.05, 0) is 56.2 Å². The first-order chi connectivity index (χ1) is 9.52. The Kier molecular flexibility index (Phi) is 5.34. The first kappa shape index (κ1) is 15.7. The van der Waals surface area contributed by atoms with Crippen molar-refractivity contribution in [2.75, 3.05) is 11.4 Å². The molecule has 1 fully saturated rings. The lowest BCUT2D eigenvalue weighted by molar-refractivity contribution is 0.363. The van der Waals surface area contributed by atoms with Crippen LogP contribution in [-0.2, 0) is 6.42 Å². The van der Waals surface area contributed by atoms with Gasteiger partial charge >= 0.3 is 0 Å². The van der Waals surface area contributed by atoms with Crippen molar-refractivity contribution < 1.29 is 0 Å². The van der Waals surface area contributed by atoms with Gasteiger partial charge in [-0.3, -0.25) is 0 Å². The molecule has 0 amide bonds. The molecule has 1 aliphatic heterocycles. The van der Waals surface area contributed by atoms with Crippen LogP contribution in [0.4, 0.5) is 5.69 Å². The molecular formula is C17H27ClN2. The maximum atomic E-state index is 6.45. The summed E-state index contributed by atoms with van der Waals surface area (Å²) in [5.74, 6) is 0.746. The highest BCUT2D eigenvalue weighted by Gasteiger charge is 2.25. The van der Waals surface area contributed by atoms with Gasteiger partial charge in [0.15, 0.2) is 0 Å². The lowest BCUT2D eigenvalue weighted by atomic mass is 9.91. The first-order valence-corrected chi connectivity index (χ1v) is 8.21. The summed E-state index contributed by atoms with van der Waals surface area (Å²) in [7, 11) is 0. The lowest BCUT2D eigenvalue weighted by Gasteiger charge is -2.39. The summed E-state index contributed by atoms with van der Waals surface area (Å²) in [6, 6.07) is 7.27. The van der Waals surface area contributed by atoms with Crippen molar-refractivity contribution >= 4 is 17.3 Å². The number of hydrogen-bond donors (Lipinski definition) is 1. The summed E-state index contributed by atoms with van der Waals surface area (Å²) in [4.78, 5) is 2.49. The zero-order chi connectivity index (χ0) is 14.7. The van der Waals surface area contributed by atoms with E-state index >= 15 is 0 Å². The molecule has 2 N–H and O–H groups in total. The molecule has 1 aromatic rings. The van der Waals surface area contributed by atoms with Gasteiger partial charge < -0.3 is 10.6 Å². The molecule has 0 spiro atoms. The smallest absolute Gasteiger partial charge is 0.0459 e. The summed E-state index contributed by atoms with van der Waals surface area (Å²) >= 11 is 6.45. The van der Waals surface area contributed by atoms with Crippen molar-refractivity contribution in [3.63, 3.8) is 0 Å². The first-order valence-electron chi connectivity index (χ1n) is 7.83. The molecule has 0 bridgehead atoms. The van der Waals surface area contributed by atoms with E-state index in [1.807, 2.05) is 0 Å². The van der Waals surface area contributed by atoms with Crippen LogP contribution in [0.3, 0.4) is 0 Å². The van der Waals surface area contributed by atoms with Crippen molar-refractivity contribution in [1.82, 2.24) is 0 Å². The highest BCUT2D eigenvalue weighted by atomic mass is 35.5. The maximum Gasteiger partial charge on any atom is 0.0459 e. The molecule has 2 rings (SSSR count). The van der Waals surface area contributed by atoms with E-state index in [0.29, 0.717) is 6.04 Å². The second kappa shape index (κ2) is 6.82. The van der Waals surface area contributed by atoms with Crippen LogP contribution in [-0.4, -0.2) is 18.6 Å². The number of nitrogens with two attached hydrogens (primary N) is 1. The summed E-state index contributed by atoms with van der Waals surface area (Å²) < 4.78 is 0. The minimum atomic E-state index is 0.201. The van der Waals surface area contributed by atoms with E-state index in [9.17, 15) is 0 Å². The minimum Gasteiger partial charge on any atom is -0.369 e. The largest absolute Gasteiger partial charge is 0.369 e. The Morgan fingerprint density at radius 2 is 2.15 bits per heavy atom. The van der Waals surface area contributed by atoms with Crippen LogP contribution in [0.1, 0.15) is 45.6 Å². The van der Waals surface area contributed by atoms with E-state index in [1.54, 1.807) is 0 Å². The lowest BCUT2D eigenvalue weighted by Crippen LogP contribution is -2.42. The molecule has 112 valence electrons. The normalized spacial score (nSPS) is 24.8. The fourth-order valence-electron chi connectivity index (χ4n) is 3.01. The molecule has 0 aromatic heterocycles. The Balaban J connectivity index is 2.16. The Hall–Kier alpha value is -0.730. The zero-order valence-corrected chi connectivity index (χ0v) is 13.7. The average molecular weight is 295 g/mol. The average Bonchev–Trinajstić information content (AvgIpc) is 2.44. The number of hydrogen-bond acceptors (Lipinski definition) is 2. The Morgan fingerprint density at radius 3 is 2.80 bits per heavy atom. The molecule has 3 unspecified atom stereocenters. The molecule has 2 nitrogen and oxygen atoms in total. The highest BCUT2D eigenvalue weighted by Crippen LogP contribution is 2.31. The van der Waals surface area contributed by atoms with E-state index < -0.39 is 0 Å². The summed E-state index contributed by atoms with van der Waals surface area (Å²) in [6.07, 6.45) is 4.45. The number of benzene rings is 1. The van der Waals surface area contributed by atoms with Crippen LogP contribution >= 0.6 is 11.6 Å². The van der Waals surface area contributed by atoms with Crippen LogP contribution in [0.5, 0.6) is 0 Å². The summed E-state index contributed by atoms with van der Waals surface area (Å²) in [5.41, 5.74) is 8.45. The molecule has 0 aliphatic carbocycles. The van der Waals surface area contributed by atoms with Crippen LogP contribution in [0.2, 0.25) is 5.02 Å². The Labute approximate surface area is 128 Å². The maximum absolute atomic E-state index is 6.45. The molecule has 3 heteroatoms. The van der Waals surface area contributed by atoms with Crippen molar-refractivity contribution in [2.45, 2.75) is 58.5 Å².